The lowest BCUT2D eigenvalue weighted by atomic mass is 9.47. The molecule has 172 valence electrons. The first-order chi connectivity index (χ1) is 15.3. The van der Waals surface area contributed by atoms with Crippen LogP contribution in [0.2, 0.25) is 0 Å². The van der Waals surface area contributed by atoms with E-state index in [0.717, 1.165) is 12.8 Å². The minimum atomic E-state index is 0.0814. The summed E-state index contributed by atoms with van der Waals surface area (Å²) in [4.78, 5) is 35.4. The number of hydrogen-bond acceptors (Lipinski definition) is 4. The second kappa shape index (κ2) is 7.96. The molecule has 0 bridgehead atoms. The molecule has 0 aromatic carbocycles. The fraction of sp³-hybridized carbons (Fsp3) is 0.692. The Morgan fingerprint density at radius 2 is 1.91 bits per heavy atom. The highest BCUT2D eigenvalue weighted by Crippen LogP contribution is 2.65. The third kappa shape index (κ3) is 3.37. The van der Waals surface area contributed by atoms with Gasteiger partial charge in [0.1, 0.15) is 5.82 Å². The maximum absolute atomic E-state index is 12.8. The SMILES string of the molecule is CN1C(=O)C=C[C@]2(C)[C@H]3CC[C@]4(C)[C@@H](CC(=O)NCc5ncccn5)CC[C@H]4[C@@H]3CC[C@@H]12. The Morgan fingerprint density at radius 3 is 2.69 bits per heavy atom. The van der Waals surface area contributed by atoms with Crippen LogP contribution in [0.1, 0.15) is 64.6 Å². The van der Waals surface area contributed by atoms with Gasteiger partial charge in [0.2, 0.25) is 11.8 Å². The van der Waals surface area contributed by atoms with Crippen LogP contribution < -0.4 is 5.32 Å². The molecule has 1 aliphatic heterocycles. The van der Waals surface area contributed by atoms with E-state index >= 15 is 0 Å². The molecule has 1 aromatic heterocycles. The summed E-state index contributed by atoms with van der Waals surface area (Å²) in [6.07, 6.45) is 15.1. The molecule has 0 unspecified atom stereocenters. The van der Waals surface area contributed by atoms with Crippen LogP contribution in [0.3, 0.4) is 0 Å². The number of likely N-dealkylation sites (N-methyl/N-ethyl adjacent to an activating group) is 1. The van der Waals surface area contributed by atoms with E-state index in [1.807, 2.05) is 18.0 Å². The number of carbonyl (C=O) groups excluding carboxylic acids is 2. The van der Waals surface area contributed by atoms with Crippen LogP contribution in [-0.4, -0.2) is 39.8 Å². The van der Waals surface area contributed by atoms with Crippen molar-refractivity contribution >= 4 is 11.8 Å². The number of nitrogens with zero attached hydrogens (tertiary/aromatic N) is 3. The maximum Gasteiger partial charge on any atom is 0.246 e. The Bertz CT molecular complexity index is 918. The summed E-state index contributed by atoms with van der Waals surface area (Å²) in [7, 11) is 1.98. The second-order valence-corrected chi connectivity index (χ2v) is 11.1. The first-order valence-electron chi connectivity index (χ1n) is 12.3. The van der Waals surface area contributed by atoms with E-state index < -0.39 is 0 Å². The lowest BCUT2D eigenvalue weighted by Gasteiger charge is -2.60. The first kappa shape index (κ1) is 21.6. The van der Waals surface area contributed by atoms with Crippen LogP contribution in [0, 0.1) is 34.5 Å². The van der Waals surface area contributed by atoms with Gasteiger partial charge in [0.05, 0.1) is 6.54 Å². The van der Waals surface area contributed by atoms with Gasteiger partial charge in [0.25, 0.3) is 0 Å². The van der Waals surface area contributed by atoms with Gasteiger partial charge < -0.3 is 10.2 Å². The normalized spacial score (nSPS) is 40.4. The highest BCUT2D eigenvalue weighted by Gasteiger charge is 2.60. The monoisotopic (exact) mass is 436 g/mol. The van der Waals surface area contributed by atoms with Crippen LogP contribution in [0.15, 0.2) is 30.6 Å². The van der Waals surface area contributed by atoms with Gasteiger partial charge in [-0.25, -0.2) is 9.97 Å². The molecule has 6 nitrogen and oxygen atoms in total. The molecule has 3 aliphatic carbocycles. The summed E-state index contributed by atoms with van der Waals surface area (Å²) in [5.74, 6) is 3.40. The zero-order valence-corrected chi connectivity index (χ0v) is 19.6. The Balaban J connectivity index is 1.27. The van der Waals surface area contributed by atoms with Gasteiger partial charge in [0.15, 0.2) is 0 Å². The van der Waals surface area contributed by atoms with Gasteiger partial charge in [-0.2, -0.15) is 0 Å². The molecule has 5 rings (SSSR count). The van der Waals surface area contributed by atoms with Gasteiger partial charge in [-0.3, -0.25) is 9.59 Å². The van der Waals surface area contributed by atoms with E-state index in [1.165, 1.54) is 25.7 Å². The molecule has 1 N–H and O–H groups in total. The second-order valence-electron chi connectivity index (χ2n) is 11.1. The quantitative estimate of drug-likeness (QED) is 0.780. The lowest BCUT2D eigenvalue weighted by molar-refractivity contribution is -0.139. The highest BCUT2D eigenvalue weighted by molar-refractivity contribution is 5.89. The van der Waals surface area contributed by atoms with Crippen molar-refractivity contribution in [2.75, 3.05) is 7.05 Å². The van der Waals surface area contributed by atoms with Crippen LogP contribution in [0.4, 0.5) is 0 Å². The first-order valence-corrected chi connectivity index (χ1v) is 12.3. The summed E-state index contributed by atoms with van der Waals surface area (Å²) in [5, 5.41) is 3.04. The minimum absolute atomic E-state index is 0.0814. The Labute approximate surface area is 191 Å². The van der Waals surface area contributed by atoms with Crippen molar-refractivity contribution in [3.05, 3.63) is 36.4 Å². The molecule has 4 aliphatic rings. The molecule has 0 spiro atoms. The van der Waals surface area contributed by atoms with Crippen molar-refractivity contribution in [1.29, 1.82) is 0 Å². The van der Waals surface area contributed by atoms with Crippen molar-refractivity contribution < 1.29 is 9.59 Å². The molecule has 2 heterocycles. The molecule has 7 atom stereocenters. The average Bonchev–Trinajstić information content (AvgIpc) is 3.12. The molecule has 6 heteroatoms. The highest BCUT2D eigenvalue weighted by atomic mass is 16.2. The van der Waals surface area contributed by atoms with Crippen molar-refractivity contribution in [3.8, 4) is 0 Å². The van der Waals surface area contributed by atoms with E-state index in [1.54, 1.807) is 18.5 Å². The van der Waals surface area contributed by atoms with Crippen molar-refractivity contribution in [1.82, 2.24) is 20.2 Å². The van der Waals surface area contributed by atoms with E-state index in [9.17, 15) is 9.59 Å². The van der Waals surface area contributed by atoms with Crippen molar-refractivity contribution in [2.24, 2.45) is 34.5 Å². The summed E-state index contributed by atoms with van der Waals surface area (Å²) >= 11 is 0. The summed E-state index contributed by atoms with van der Waals surface area (Å²) in [6.45, 7) is 5.25. The fourth-order valence-electron chi connectivity index (χ4n) is 8.08. The number of rotatable bonds is 4. The molecular weight excluding hydrogens is 400 g/mol. The molecule has 0 radical (unpaired) electrons. The summed E-state index contributed by atoms with van der Waals surface area (Å²) in [6, 6.07) is 2.11. The van der Waals surface area contributed by atoms with Crippen molar-refractivity contribution in [3.63, 3.8) is 0 Å². The Hall–Kier alpha value is -2.24. The van der Waals surface area contributed by atoms with E-state index in [-0.39, 0.29) is 22.6 Å². The molecular formula is C26H36N4O2. The molecule has 0 saturated heterocycles. The predicted octanol–water partition coefficient (Wildman–Crippen LogP) is 3.74. The number of nitrogens with one attached hydrogen (secondary N) is 1. The smallest absolute Gasteiger partial charge is 0.246 e. The zero-order chi connectivity index (χ0) is 22.5. The minimum Gasteiger partial charge on any atom is -0.349 e. The van der Waals surface area contributed by atoms with Gasteiger partial charge >= 0.3 is 0 Å². The Kier molecular flexibility index (Phi) is 5.37. The van der Waals surface area contributed by atoms with Crippen LogP contribution in [0.5, 0.6) is 0 Å². The summed E-state index contributed by atoms with van der Waals surface area (Å²) in [5.41, 5.74) is 0.323. The molecule has 32 heavy (non-hydrogen) atoms. The van der Waals surface area contributed by atoms with Gasteiger partial charge in [-0.15, -0.1) is 0 Å². The molecule has 3 fully saturated rings. The number of fused-ring (bicyclic) bond motifs is 5. The van der Waals surface area contributed by atoms with E-state index in [2.05, 4.69) is 35.2 Å². The van der Waals surface area contributed by atoms with Gasteiger partial charge in [-0.05, 0) is 79.8 Å². The van der Waals surface area contributed by atoms with Crippen LogP contribution >= 0.6 is 0 Å². The third-order valence-electron chi connectivity index (χ3n) is 9.82. The van der Waals surface area contributed by atoms with Crippen LogP contribution in [-0.2, 0) is 16.1 Å². The zero-order valence-electron chi connectivity index (χ0n) is 19.6. The fourth-order valence-corrected chi connectivity index (χ4v) is 8.08. The lowest BCUT2D eigenvalue weighted by Crippen LogP contribution is -2.59. The van der Waals surface area contributed by atoms with Gasteiger partial charge in [0, 0.05) is 37.3 Å². The molecule has 1 aromatic rings. The largest absolute Gasteiger partial charge is 0.349 e. The van der Waals surface area contributed by atoms with E-state index in [4.69, 9.17) is 0 Å². The number of carbonyl (C=O) groups is 2. The van der Waals surface area contributed by atoms with Crippen molar-refractivity contribution in [2.45, 2.75) is 71.4 Å². The Morgan fingerprint density at radius 1 is 1.12 bits per heavy atom. The topological polar surface area (TPSA) is 75.2 Å². The average molecular weight is 437 g/mol. The third-order valence-corrected chi connectivity index (χ3v) is 9.82. The molecule has 3 saturated carbocycles. The predicted molar refractivity (Wildman–Crippen MR) is 122 cm³/mol. The van der Waals surface area contributed by atoms with E-state index in [0.29, 0.717) is 48.5 Å². The number of hydrogen-bond donors (Lipinski definition) is 1. The number of amides is 2. The van der Waals surface area contributed by atoms with Crippen LogP contribution in [0.25, 0.3) is 0 Å². The maximum atomic E-state index is 12.8. The molecule has 2 amide bonds. The van der Waals surface area contributed by atoms with Gasteiger partial charge in [-0.1, -0.05) is 19.9 Å². The summed E-state index contributed by atoms with van der Waals surface area (Å²) < 4.78 is 0. The standard InChI is InChI=1S/C26H36N4O2/c1-25-11-9-20-18(6-8-21-26(20,2)12-10-24(32)30(21)3)19(25)7-5-17(25)15-23(31)29-16-22-27-13-4-14-28-22/h4,10,12-14,17-21H,5-9,11,15-16H2,1-3H3,(H,29,31)/t17-,18+,19+,20+,21-,25-,26-/m1/s1. The number of aromatic nitrogens is 2.